The Kier molecular flexibility index (Phi) is 6.19. The van der Waals surface area contributed by atoms with Gasteiger partial charge in [0.05, 0.1) is 7.11 Å². The van der Waals surface area contributed by atoms with Crippen LogP contribution in [0.2, 0.25) is 0 Å². The maximum atomic E-state index is 13.7. The molecule has 2 amide bonds. The molecule has 0 spiro atoms. The standard InChI is InChI=1S/C22H18F2N2O3/c1-29-19-11-3-2-6-16(19)13-25-21(27)14-7-4-8-15(12-14)22(28)26-20-17(23)9-5-10-18(20)24/h2-12H,13H2,1H3,(H,25,27)(H,26,28). The van der Waals surface area contributed by atoms with Crippen molar-refractivity contribution in [2.24, 2.45) is 0 Å². The average molecular weight is 396 g/mol. The van der Waals surface area contributed by atoms with Crippen LogP contribution in [0.1, 0.15) is 26.3 Å². The van der Waals surface area contributed by atoms with Crippen molar-refractivity contribution in [3.05, 3.63) is 95.1 Å². The molecule has 0 saturated heterocycles. The summed E-state index contributed by atoms with van der Waals surface area (Å²) in [6.07, 6.45) is 0. The summed E-state index contributed by atoms with van der Waals surface area (Å²) in [6, 6.07) is 16.4. The van der Waals surface area contributed by atoms with Crippen LogP contribution < -0.4 is 15.4 Å². The van der Waals surface area contributed by atoms with Gasteiger partial charge in [0.2, 0.25) is 0 Å². The molecule has 0 bridgehead atoms. The van der Waals surface area contributed by atoms with Crippen molar-refractivity contribution in [3.8, 4) is 5.75 Å². The molecule has 0 fully saturated rings. The van der Waals surface area contributed by atoms with E-state index in [1.54, 1.807) is 13.2 Å². The van der Waals surface area contributed by atoms with Gasteiger partial charge in [-0.3, -0.25) is 9.59 Å². The Morgan fingerprint density at radius 3 is 2.17 bits per heavy atom. The molecule has 0 saturated carbocycles. The highest BCUT2D eigenvalue weighted by atomic mass is 19.1. The fourth-order valence-electron chi connectivity index (χ4n) is 2.73. The van der Waals surface area contributed by atoms with Gasteiger partial charge in [-0.25, -0.2) is 8.78 Å². The van der Waals surface area contributed by atoms with Crippen molar-refractivity contribution in [1.29, 1.82) is 0 Å². The molecule has 148 valence electrons. The number of carbonyl (C=O) groups excluding carboxylic acids is 2. The van der Waals surface area contributed by atoms with Gasteiger partial charge in [0.25, 0.3) is 11.8 Å². The molecular weight excluding hydrogens is 378 g/mol. The number of ether oxygens (including phenoxy) is 1. The monoisotopic (exact) mass is 396 g/mol. The largest absolute Gasteiger partial charge is 0.496 e. The number of nitrogens with one attached hydrogen (secondary N) is 2. The van der Waals surface area contributed by atoms with Crippen molar-refractivity contribution in [2.75, 3.05) is 12.4 Å². The summed E-state index contributed by atoms with van der Waals surface area (Å²) in [4.78, 5) is 24.8. The molecule has 2 N–H and O–H groups in total. The van der Waals surface area contributed by atoms with Crippen LogP contribution in [0.25, 0.3) is 0 Å². The molecule has 0 aliphatic rings. The van der Waals surface area contributed by atoms with Crippen molar-refractivity contribution in [1.82, 2.24) is 5.32 Å². The molecule has 0 radical (unpaired) electrons. The summed E-state index contributed by atoms with van der Waals surface area (Å²) < 4.78 is 32.7. The molecule has 0 aromatic heterocycles. The Labute approximate surface area is 166 Å². The molecule has 0 aliphatic carbocycles. The summed E-state index contributed by atoms with van der Waals surface area (Å²) in [6.45, 7) is 0.236. The summed E-state index contributed by atoms with van der Waals surface area (Å²) in [5.74, 6) is -2.25. The van der Waals surface area contributed by atoms with Crippen LogP contribution in [0.5, 0.6) is 5.75 Å². The number of carbonyl (C=O) groups is 2. The molecule has 0 aliphatic heterocycles. The van der Waals surface area contributed by atoms with Gasteiger partial charge in [-0.1, -0.05) is 30.3 Å². The van der Waals surface area contributed by atoms with E-state index in [0.29, 0.717) is 5.75 Å². The van der Waals surface area contributed by atoms with Crippen LogP contribution in [0, 0.1) is 11.6 Å². The average Bonchev–Trinajstić information content (AvgIpc) is 2.74. The quantitative estimate of drug-likeness (QED) is 0.658. The summed E-state index contributed by atoms with van der Waals surface area (Å²) in [5, 5.41) is 4.95. The van der Waals surface area contributed by atoms with E-state index < -0.39 is 29.1 Å². The first-order valence-corrected chi connectivity index (χ1v) is 8.75. The van der Waals surface area contributed by atoms with E-state index in [1.165, 1.54) is 30.3 Å². The summed E-state index contributed by atoms with van der Waals surface area (Å²) in [7, 11) is 1.54. The second kappa shape index (κ2) is 8.97. The van der Waals surface area contributed by atoms with Crippen LogP contribution in [0.15, 0.2) is 66.7 Å². The van der Waals surface area contributed by atoms with E-state index in [-0.39, 0.29) is 17.7 Å². The zero-order valence-electron chi connectivity index (χ0n) is 15.5. The highest BCUT2D eigenvalue weighted by molar-refractivity contribution is 6.06. The number of amides is 2. The van der Waals surface area contributed by atoms with E-state index in [0.717, 1.165) is 17.7 Å². The van der Waals surface area contributed by atoms with Crippen LogP contribution in [0.3, 0.4) is 0 Å². The van der Waals surface area contributed by atoms with Crippen LogP contribution in [0.4, 0.5) is 14.5 Å². The van der Waals surface area contributed by atoms with Crippen LogP contribution in [-0.4, -0.2) is 18.9 Å². The molecule has 3 aromatic rings. The minimum atomic E-state index is -0.885. The van der Waals surface area contributed by atoms with E-state index in [1.807, 2.05) is 18.2 Å². The number of anilines is 1. The first-order valence-electron chi connectivity index (χ1n) is 8.75. The number of benzene rings is 3. The second-order valence-electron chi connectivity index (χ2n) is 6.13. The fraction of sp³-hybridized carbons (Fsp3) is 0.0909. The lowest BCUT2D eigenvalue weighted by atomic mass is 10.1. The Morgan fingerprint density at radius 1 is 0.862 bits per heavy atom. The molecule has 0 unspecified atom stereocenters. The van der Waals surface area contributed by atoms with Gasteiger partial charge < -0.3 is 15.4 Å². The third-order valence-electron chi connectivity index (χ3n) is 4.22. The normalized spacial score (nSPS) is 10.3. The molecule has 3 aromatic carbocycles. The third kappa shape index (κ3) is 4.76. The van der Waals surface area contributed by atoms with Crippen LogP contribution in [-0.2, 0) is 6.54 Å². The summed E-state index contributed by atoms with van der Waals surface area (Å²) >= 11 is 0. The molecular formula is C22H18F2N2O3. The minimum absolute atomic E-state index is 0.0950. The molecule has 29 heavy (non-hydrogen) atoms. The Morgan fingerprint density at radius 2 is 1.48 bits per heavy atom. The van der Waals surface area contributed by atoms with E-state index >= 15 is 0 Å². The Hall–Kier alpha value is -3.74. The predicted molar refractivity (Wildman–Crippen MR) is 105 cm³/mol. The zero-order chi connectivity index (χ0) is 20.8. The molecule has 7 heteroatoms. The molecule has 3 rings (SSSR count). The lowest BCUT2D eigenvalue weighted by Gasteiger charge is -2.11. The lowest BCUT2D eigenvalue weighted by Crippen LogP contribution is -2.23. The van der Waals surface area contributed by atoms with E-state index in [4.69, 9.17) is 4.74 Å². The smallest absolute Gasteiger partial charge is 0.255 e. The van der Waals surface area contributed by atoms with Gasteiger partial charge in [0.1, 0.15) is 23.1 Å². The maximum absolute atomic E-state index is 13.7. The lowest BCUT2D eigenvalue weighted by molar-refractivity contribution is 0.0950. The maximum Gasteiger partial charge on any atom is 0.255 e. The Bertz CT molecular complexity index is 1030. The SMILES string of the molecule is COc1ccccc1CNC(=O)c1cccc(C(=O)Nc2c(F)cccc2F)c1. The number of methoxy groups -OCH3 is 1. The minimum Gasteiger partial charge on any atom is -0.496 e. The van der Waals surface area contributed by atoms with Crippen molar-refractivity contribution < 1.29 is 23.1 Å². The fourth-order valence-corrected chi connectivity index (χ4v) is 2.73. The highest BCUT2D eigenvalue weighted by Crippen LogP contribution is 2.20. The van der Waals surface area contributed by atoms with E-state index in [2.05, 4.69) is 10.6 Å². The highest BCUT2D eigenvalue weighted by Gasteiger charge is 2.15. The van der Waals surface area contributed by atoms with Crippen LogP contribution >= 0.6 is 0 Å². The van der Waals surface area contributed by atoms with Gasteiger partial charge in [-0.2, -0.15) is 0 Å². The summed E-state index contributed by atoms with van der Waals surface area (Å²) in [5.41, 5.74) is 0.593. The molecule has 5 nitrogen and oxygen atoms in total. The van der Waals surface area contributed by atoms with Gasteiger partial charge >= 0.3 is 0 Å². The Balaban J connectivity index is 1.71. The third-order valence-corrected chi connectivity index (χ3v) is 4.22. The number of halogens is 2. The van der Waals surface area contributed by atoms with Crippen molar-refractivity contribution >= 4 is 17.5 Å². The number of hydrogen-bond donors (Lipinski definition) is 2. The molecule has 0 heterocycles. The van der Waals surface area contributed by atoms with Crippen molar-refractivity contribution in [2.45, 2.75) is 6.54 Å². The molecule has 0 atom stereocenters. The van der Waals surface area contributed by atoms with Gasteiger partial charge in [-0.05, 0) is 36.4 Å². The topological polar surface area (TPSA) is 67.4 Å². The van der Waals surface area contributed by atoms with Crippen molar-refractivity contribution in [3.63, 3.8) is 0 Å². The van der Waals surface area contributed by atoms with E-state index in [9.17, 15) is 18.4 Å². The van der Waals surface area contributed by atoms with Gasteiger partial charge in [-0.15, -0.1) is 0 Å². The number of para-hydroxylation sites is 2. The number of rotatable bonds is 6. The second-order valence-corrected chi connectivity index (χ2v) is 6.13. The first kappa shape index (κ1) is 20.0. The zero-order valence-corrected chi connectivity index (χ0v) is 15.5. The predicted octanol–water partition coefficient (Wildman–Crippen LogP) is 4.16. The van der Waals surface area contributed by atoms with Gasteiger partial charge in [0.15, 0.2) is 0 Å². The first-order chi connectivity index (χ1) is 14.0. The number of hydrogen-bond acceptors (Lipinski definition) is 3. The van der Waals surface area contributed by atoms with Gasteiger partial charge in [0, 0.05) is 23.2 Å².